The van der Waals surface area contributed by atoms with Gasteiger partial charge in [0.25, 0.3) is 0 Å². The molecule has 2 aromatic heterocycles. The van der Waals surface area contributed by atoms with Gasteiger partial charge in [-0.25, -0.2) is 4.79 Å². The van der Waals surface area contributed by atoms with Crippen molar-refractivity contribution in [2.45, 2.75) is 65.0 Å². The molecule has 39 heavy (non-hydrogen) atoms. The Morgan fingerprint density at radius 2 is 1.72 bits per heavy atom. The molecule has 5 rings (SSSR count). The summed E-state index contributed by atoms with van der Waals surface area (Å²) in [7, 11) is 0. The number of carboxylic acids is 1. The molecule has 204 valence electrons. The predicted octanol–water partition coefficient (Wildman–Crippen LogP) is 6.11. The molecule has 0 radical (unpaired) electrons. The number of likely N-dealkylation sites (tertiary alicyclic amines) is 1. The second-order valence-electron chi connectivity index (χ2n) is 10.6. The lowest BCUT2D eigenvalue weighted by molar-refractivity contribution is -0.153. The van der Waals surface area contributed by atoms with Gasteiger partial charge in [-0.2, -0.15) is 0 Å². The number of aryl methyl sites for hydroxylation is 3. The van der Waals surface area contributed by atoms with Crippen molar-refractivity contribution in [3.05, 3.63) is 73.1 Å². The molecule has 4 atom stereocenters. The van der Waals surface area contributed by atoms with Crippen molar-refractivity contribution in [1.29, 1.82) is 0 Å². The summed E-state index contributed by atoms with van der Waals surface area (Å²) in [5.41, 5.74) is 2.76. The Balaban J connectivity index is 1.72. The van der Waals surface area contributed by atoms with E-state index in [1.54, 1.807) is 24.3 Å². The Hall–Kier alpha value is -3.30. The number of benzene rings is 1. The molecule has 1 aromatic carbocycles. The monoisotopic (exact) mass is 564 g/mol. The fourth-order valence-electron chi connectivity index (χ4n) is 6.04. The van der Waals surface area contributed by atoms with Gasteiger partial charge in [0.2, 0.25) is 11.8 Å². The molecule has 3 heterocycles. The molecule has 1 aliphatic heterocycles. The number of carbonyl (C=O) groups excluding carboxylic acids is 3. The minimum absolute atomic E-state index is 0.138. The van der Waals surface area contributed by atoms with Gasteiger partial charge in [-0.05, 0) is 74.4 Å². The van der Waals surface area contributed by atoms with E-state index in [-0.39, 0.29) is 23.5 Å². The van der Waals surface area contributed by atoms with Crippen molar-refractivity contribution in [2.24, 2.45) is 11.8 Å². The standard InChI is InChI=1S/C30H32N2O5S2/c1-15-12-13-38-28(15)25-24(27(34)22-14-16(2)39-17(22)3)23(19-8-10-21(11-9-19)31-18(4)33)26(30(36)37)32(25)29(35)20-6-5-7-20/h8-14,20,23-26H,5-7H2,1-4H3,(H,31,33)(H,36,37). The van der Waals surface area contributed by atoms with Gasteiger partial charge in [0.15, 0.2) is 5.78 Å². The summed E-state index contributed by atoms with van der Waals surface area (Å²) in [6, 6.07) is 8.93. The molecule has 2 amide bonds. The number of amides is 2. The fourth-order valence-corrected chi connectivity index (χ4v) is 8.05. The van der Waals surface area contributed by atoms with E-state index < -0.39 is 29.9 Å². The summed E-state index contributed by atoms with van der Waals surface area (Å²) in [6.07, 6.45) is 2.40. The Kier molecular flexibility index (Phi) is 7.48. The lowest BCUT2D eigenvalue weighted by atomic mass is 9.77. The molecular weight excluding hydrogens is 532 g/mol. The van der Waals surface area contributed by atoms with Crippen LogP contribution in [0.4, 0.5) is 5.69 Å². The van der Waals surface area contributed by atoms with Crippen molar-refractivity contribution >= 4 is 51.9 Å². The highest BCUT2D eigenvalue weighted by Gasteiger charge is 2.59. The lowest BCUT2D eigenvalue weighted by Crippen LogP contribution is -2.47. The number of thiophene rings is 2. The van der Waals surface area contributed by atoms with E-state index in [4.69, 9.17) is 0 Å². The number of nitrogens with zero attached hydrogens (tertiary/aromatic N) is 1. The Bertz CT molecular complexity index is 1440. The fraction of sp³-hybridized carbons (Fsp3) is 0.400. The Morgan fingerprint density at radius 3 is 2.21 bits per heavy atom. The van der Waals surface area contributed by atoms with E-state index in [0.717, 1.165) is 39.5 Å². The number of ketones is 1. The number of Topliss-reactive ketones (excluding diaryl/α,β-unsaturated/α-hetero) is 1. The molecule has 1 aliphatic carbocycles. The second-order valence-corrected chi connectivity index (χ2v) is 13.0. The number of rotatable bonds is 7. The van der Waals surface area contributed by atoms with Crippen LogP contribution in [0, 0.1) is 32.6 Å². The van der Waals surface area contributed by atoms with Crippen LogP contribution in [-0.4, -0.2) is 39.6 Å². The van der Waals surface area contributed by atoms with Crippen molar-refractivity contribution in [3.8, 4) is 0 Å². The molecule has 2 aliphatic rings. The number of carboxylic acid groups (broad SMARTS) is 1. The number of nitrogens with one attached hydrogen (secondary N) is 1. The molecular formula is C30H32N2O5S2. The van der Waals surface area contributed by atoms with Crippen LogP contribution in [0.15, 0.2) is 41.8 Å². The minimum Gasteiger partial charge on any atom is -0.480 e. The molecule has 1 saturated carbocycles. The van der Waals surface area contributed by atoms with Crippen molar-refractivity contribution in [2.75, 3.05) is 5.32 Å². The predicted molar refractivity (Wildman–Crippen MR) is 153 cm³/mol. The van der Waals surface area contributed by atoms with E-state index in [9.17, 15) is 24.3 Å². The number of anilines is 1. The highest BCUT2D eigenvalue weighted by Crippen LogP contribution is 2.54. The SMILES string of the molecule is CC(=O)Nc1ccc(C2C(C(=O)c3cc(C)sc3C)C(c3sccc3C)N(C(=O)C3CCC3)C2C(=O)O)cc1. The maximum absolute atomic E-state index is 14.5. The van der Waals surface area contributed by atoms with Gasteiger partial charge in [0.05, 0.1) is 12.0 Å². The molecule has 7 nitrogen and oxygen atoms in total. The molecule has 0 spiro atoms. The van der Waals surface area contributed by atoms with E-state index >= 15 is 0 Å². The quantitative estimate of drug-likeness (QED) is 0.337. The summed E-state index contributed by atoms with van der Waals surface area (Å²) in [6.45, 7) is 7.23. The van der Waals surface area contributed by atoms with E-state index in [1.807, 2.05) is 38.3 Å². The number of aliphatic carboxylic acids is 1. The first-order valence-corrected chi connectivity index (χ1v) is 14.9. The molecule has 3 aromatic rings. The van der Waals surface area contributed by atoms with Crippen molar-refractivity contribution < 1.29 is 24.3 Å². The zero-order chi connectivity index (χ0) is 28.0. The van der Waals surface area contributed by atoms with E-state index in [1.165, 1.54) is 34.5 Å². The summed E-state index contributed by atoms with van der Waals surface area (Å²) in [4.78, 5) is 57.4. The van der Waals surface area contributed by atoms with Crippen LogP contribution in [0.25, 0.3) is 0 Å². The summed E-state index contributed by atoms with van der Waals surface area (Å²) in [5, 5.41) is 15.3. The third-order valence-corrected chi connectivity index (χ3v) is 10.1. The highest BCUT2D eigenvalue weighted by atomic mass is 32.1. The third-order valence-electron chi connectivity index (χ3n) is 8.02. The number of hydrogen-bond donors (Lipinski definition) is 2. The second kappa shape index (κ2) is 10.7. The van der Waals surface area contributed by atoms with E-state index in [0.29, 0.717) is 16.8 Å². The van der Waals surface area contributed by atoms with Crippen LogP contribution in [0.3, 0.4) is 0 Å². The average Bonchev–Trinajstić information content (AvgIpc) is 3.51. The number of hydrogen-bond acceptors (Lipinski definition) is 6. The topological polar surface area (TPSA) is 104 Å². The zero-order valence-electron chi connectivity index (χ0n) is 22.4. The molecule has 2 fully saturated rings. The van der Waals surface area contributed by atoms with Crippen LogP contribution in [0.2, 0.25) is 0 Å². The summed E-state index contributed by atoms with van der Waals surface area (Å²) < 4.78 is 0. The zero-order valence-corrected chi connectivity index (χ0v) is 24.0. The summed E-state index contributed by atoms with van der Waals surface area (Å²) >= 11 is 3.01. The molecule has 0 bridgehead atoms. The van der Waals surface area contributed by atoms with Gasteiger partial charge in [-0.3, -0.25) is 14.4 Å². The van der Waals surface area contributed by atoms with Gasteiger partial charge < -0.3 is 15.3 Å². The van der Waals surface area contributed by atoms with E-state index in [2.05, 4.69) is 5.32 Å². The average molecular weight is 565 g/mol. The maximum Gasteiger partial charge on any atom is 0.327 e. The van der Waals surface area contributed by atoms with Gasteiger partial charge >= 0.3 is 5.97 Å². The number of carbonyl (C=O) groups is 4. The third kappa shape index (κ3) is 4.94. The molecule has 2 N–H and O–H groups in total. The van der Waals surface area contributed by atoms with Crippen LogP contribution in [0.1, 0.15) is 74.3 Å². The van der Waals surface area contributed by atoms with Gasteiger partial charge in [-0.15, -0.1) is 22.7 Å². The lowest BCUT2D eigenvalue weighted by Gasteiger charge is -2.36. The van der Waals surface area contributed by atoms with Gasteiger partial charge in [0, 0.05) is 44.6 Å². The summed E-state index contributed by atoms with van der Waals surface area (Å²) in [5.74, 6) is -3.43. The Morgan fingerprint density at radius 1 is 1.03 bits per heavy atom. The van der Waals surface area contributed by atoms with Gasteiger partial charge in [-0.1, -0.05) is 18.6 Å². The normalized spacial score (nSPS) is 22.9. The first kappa shape index (κ1) is 27.3. The smallest absolute Gasteiger partial charge is 0.327 e. The maximum atomic E-state index is 14.5. The van der Waals surface area contributed by atoms with Crippen LogP contribution < -0.4 is 5.32 Å². The van der Waals surface area contributed by atoms with Crippen molar-refractivity contribution in [1.82, 2.24) is 4.90 Å². The van der Waals surface area contributed by atoms with Crippen molar-refractivity contribution in [3.63, 3.8) is 0 Å². The highest BCUT2D eigenvalue weighted by molar-refractivity contribution is 7.12. The van der Waals surface area contributed by atoms with Crippen LogP contribution in [-0.2, 0) is 14.4 Å². The molecule has 1 saturated heterocycles. The Labute approximate surface area is 235 Å². The van der Waals surface area contributed by atoms with Gasteiger partial charge in [0.1, 0.15) is 6.04 Å². The van der Waals surface area contributed by atoms with Crippen LogP contribution >= 0.6 is 22.7 Å². The first-order chi connectivity index (χ1) is 18.6. The minimum atomic E-state index is -1.20. The molecule has 4 unspecified atom stereocenters. The largest absolute Gasteiger partial charge is 0.480 e. The van der Waals surface area contributed by atoms with Crippen LogP contribution in [0.5, 0.6) is 0 Å². The molecule has 9 heteroatoms. The first-order valence-electron chi connectivity index (χ1n) is 13.2.